The van der Waals surface area contributed by atoms with Crippen molar-refractivity contribution >= 4 is 39.7 Å². The van der Waals surface area contributed by atoms with Crippen LogP contribution in [-0.4, -0.2) is 11.5 Å². The standard InChI is InChI=1S/C18H14OS2/c19-18(17-10-15-11-20-8-7-16(15)21-17)14-6-5-12-3-1-2-4-13(12)9-14/h1-6,9-10H,7-8,11H2. The number of thiophene rings is 1. The van der Waals surface area contributed by atoms with Gasteiger partial charge in [-0.3, -0.25) is 4.79 Å². The van der Waals surface area contributed by atoms with E-state index in [4.69, 9.17) is 0 Å². The van der Waals surface area contributed by atoms with E-state index in [1.54, 1.807) is 11.3 Å². The number of carbonyl (C=O) groups is 1. The van der Waals surface area contributed by atoms with Crippen molar-refractivity contribution in [3.8, 4) is 0 Å². The summed E-state index contributed by atoms with van der Waals surface area (Å²) < 4.78 is 0. The highest BCUT2D eigenvalue weighted by atomic mass is 32.2. The lowest BCUT2D eigenvalue weighted by Gasteiger charge is -2.08. The van der Waals surface area contributed by atoms with Gasteiger partial charge in [-0.05, 0) is 40.6 Å². The molecule has 0 bridgehead atoms. The Morgan fingerprint density at radius 2 is 1.86 bits per heavy atom. The van der Waals surface area contributed by atoms with Crippen molar-refractivity contribution in [3.63, 3.8) is 0 Å². The van der Waals surface area contributed by atoms with Crippen LogP contribution < -0.4 is 0 Å². The van der Waals surface area contributed by atoms with E-state index in [2.05, 4.69) is 18.2 Å². The number of aryl methyl sites for hydroxylation is 1. The molecule has 3 aromatic rings. The van der Waals surface area contributed by atoms with E-state index in [1.165, 1.54) is 21.6 Å². The number of hydrogen-bond acceptors (Lipinski definition) is 3. The average Bonchev–Trinajstić information content (AvgIpc) is 2.97. The summed E-state index contributed by atoms with van der Waals surface area (Å²) >= 11 is 3.64. The molecule has 21 heavy (non-hydrogen) atoms. The van der Waals surface area contributed by atoms with Gasteiger partial charge in [0, 0.05) is 16.2 Å². The molecule has 2 heterocycles. The molecule has 0 N–H and O–H groups in total. The maximum Gasteiger partial charge on any atom is 0.202 e. The Morgan fingerprint density at radius 1 is 1.00 bits per heavy atom. The monoisotopic (exact) mass is 310 g/mol. The van der Waals surface area contributed by atoms with E-state index >= 15 is 0 Å². The normalized spacial score (nSPS) is 14.1. The molecule has 0 spiro atoms. The predicted molar refractivity (Wildman–Crippen MR) is 91.6 cm³/mol. The van der Waals surface area contributed by atoms with E-state index in [0.29, 0.717) is 0 Å². The second-order valence-electron chi connectivity index (χ2n) is 5.25. The molecule has 0 atom stereocenters. The molecule has 1 aliphatic rings. The van der Waals surface area contributed by atoms with Crippen LogP contribution in [0.1, 0.15) is 25.7 Å². The Balaban J connectivity index is 1.73. The SMILES string of the molecule is O=C(c1ccc2ccccc2c1)c1cc2c(s1)CCSC2. The molecule has 0 unspecified atom stereocenters. The molecule has 1 nitrogen and oxygen atoms in total. The molecule has 0 saturated heterocycles. The van der Waals surface area contributed by atoms with Crippen LogP contribution in [0.3, 0.4) is 0 Å². The molecule has 1 aromatic heterocycles. The Labute approximate surface area is 132 Å². The molecule has 0 radical (unpaired) electrons. The maximum atomic E-state index is 12.7. The van der Waals surface area contributed by atoms with Crippen molar-refractivity contribution in [3.05, 3.63) is 69.4 Å². The minimum Gasteiger partial charge on any atom is -0.288 e. The van der Waals surface area contributed by atoms with Gasteiger partial charge in [0.1, 0.15) is 0 Å². The third-order valence-electron chi connectivity index (χ3n) is 3.86. The zero-order chi connectivity index (χ0) is 14.2. The molecule has 0 amide bonds. The minimum atomic E-state index is 0.158. The summed E-state index contributed by atoms with van der Waals surface area (Å²) in [5.74, 6) is 2.39. The van der Waals surface area contributed by atoms with Crippen LogP contribution in [0, 0.1) is 0 Å². The fourth-order valence-corrected chi connectivity index (χ4v) is 5.07. The molecule has 0 fully saturated rings. The van der Waals surface area contributed by atoms with Crippen molar-refractivity contribution < 1.29 is 4.79 Å². The lowest BCUT2D eigenvalue weighted by atomic mass is 10.0. The van der Waals surface area contributed by atoms with Crippen LogP contribution in [0.5, 0.6) is 0 Å². The first-order valence-corrected chi connectivity index (χ1v) is 9.01. The highest BCUT2D eigenvalue weighted by Crippen LogP contribution is 2.33. The summed E-state index contributed by atoms with van der Waals surface area (Å²) in [6.45, 7) is 0. The molecular weight excluding hydrogens is 296 g/mol. The first-order chi connectivity index (χ1) is 10.3. The van der Waals surface area contributed by atoms with Gasteiger partial charge in [0.2, 0.25) is 5.78 Å². The number of benzene rings is 2. The average molecular weight is 310 g/mol. The predicted octanol–water partition coefficient (Wildman–Crippen LogP) is 4.92. The number of carbonyl (C=O) groups excluding carboxylic acids is 1. The van der Waals surface area contributed by atoms with E-state index in [-0.39, 0.29) is 5.78 Å². The third-order valence-corrected chi connectivity index (χ3v) is 6.11. The van der Waals surface area contributed by atoms with Gasteiger partial charge >= 0.3 is 0 Å². The summed E-state index contributed by atoms with van der Waals surface area (Å²) in [4.78, 5) is 15.0. The van der Waals surface area contributed by atoms with Gasteiger partial charge < -0.3 is 0 Å². The van der Waals surface area contributed by atoms with Crippen LogP contribution in [0.2, 0.25) is 0 Å². The van der Waals surface area contributed by atoms with Gasteiger partial charge in [-0.15, -0.1) is 11.3 Å². The van der Waals surface area contributed by atoms with E-state index in [1.807, 2.05) is 42.1 Å². The fourth-order valence-electron chi connectivity index (χ4n) is 2.73. The minimum absolute atomic E-state index is 0.158. The highest BCUT2D eigenvalue weighted by molar-refractivity contribution is 7.98. The molecule has 0 aliphatic carbocycles. The maximum absolute atomic E-state index is 12.7. The summed E-state index contributed by atoms with van der Waals surface area (Å²) in [6, 6.07) is 16.2. The van der Waals surface area contributed by atoms with E-state index in [0.717, 1.165) is 28.0 Å². The lowest BCUT2D eigenvalue weighted by Crippen LogP contribution is -1.98. The Kier molecular flexibility index (Phi) is 3.32. The van der Waals surface area contributed by atoms with Crippen molar-refractivity contribution in [2.75, 3.05) is 5.75 Å². The molecular formula is C18H14OS2. The summed E-state index contributed by atoms with van der Waals surface area (Å²) in [5, 5.41) is 2.30. The smallest absolute Gasteiger partial charge is 0.202 e. The molecule has 2 aromatic carbocycles. The van der Waals surface area contributed by atoms with E-state index in [9.17, 15) is 4.79 Å². The zero-order valence-corrected chi connectivity index (χ0v) is 13.1. The van der Waals surface area contributed by atoms with Crippen LogP contribution in [0.15, 0.2) is 48.5 Å². The molecule has 0 saturated carbocycles. The van der Waals surface area contributed by atoms with Crippen LogP contribution in [0.4, 0.5) is 0 Å². The van der Waals surface area contributed by atoms with Gasteiger partial charge in [0.15, 0.2) is 0 Å². The third kappa shape index (κ3) is 2.41. The number of ketones is 1. The molecule has 104 valence electrons. The zero-order valence-electron chi connectivity index (χ0n) is 11.5. The second kappa shape index (κ2) is 5.32. The van der Waals surface area contributed by atoms with Gasteiger partial charge in [0.05, 0.1) is 4.88 Å². The van der Waals surface area contributed by atoms with Crippen molar-refractivity contribution in [2.45, 2.75) is 12.2 Å². The topological polar surface area (TPSA) is 17.1 Å². The molecule has 1 aliphatic heterocycles. The first-order valence-electron chi connectivity index (χ1n) is 7.04. The van der Waals surface area contributed by atoms with Gasteiger partial charge in [-0.2, -0.15) is 11.8 Å². The highest BCUT2D eigenvalue weighted by Gasteiger charge is 2.18. The van der Waals surface area contributed by atoms with Crippen LogP contribution in [-0.2, 0) is 12.2 Å². The largest absolute Gasteiger partial charge is 0.288 e. The second-order valence-corrected chi connectivity index (χ2v) is 7.49. The van der Waals surface area contributed by atoms with E-state index < -0.39 is 0 Å². The first kappa shape index (κ1) is 13.1. The number of thioether (sulfide) groups is 1. The van der Waals surface area contributed by atoms with Crippen LogP contribution >= 0.6 is 23.1 Å². The summed E-state index contributed by atoms with van der Waals surface area (Å²) in [6.07, 6.45) is 1.11. The van der Waals surface area contributed by atoms with Gasteiger partial charge in [-0.25, -0.2) is 0 Å². The number of rotatable bonds is 2. The molecule has 3 heteroatoms. The Hall–Kier alpha value is -1.58. The number of fused-ring (bicyclic) bond motifs is 2. The Morgan fingerprint density at radius 3 is 2.71 bits per heavy atom. The quantitative estimate of drug-likeness (QED) is 0.625. The van der Waals surface area contributed by atoms with Crippen molar-refractivity contribution in [2.24, 2.45) is 0 Å². The van der Waals surface area contributed by atoms with Crippen LogP contribution in [0.25, 0.3) is 10.8 Å². The molecule has 4 rings (SSSR count). The fraction of sp³-hybridized carbons (Fsp3) is 0.167. The summed E-state index contributed by atoms with van der Waals surface area (Å²) in [7, 11) is 0. The van der Waals surface area contributed by atoms with Gasteiger partial charge in [0.25, 0.3) is 0 Å². The number of hydrogen-bond donors (Lipinski definition) is 0. The lowest BCUT2D eigenvalue weighted by molar-refractivity contribution is 0.104. The van der Waals surface area contributed by atoms with Gasteiger partial charge in [-0.1, -0.05) is 36.4 Å². The summed E-state index contributed by atoms with van der Waals surface area (Å²) in [5.41, 5.74) is 2.15. The van der Waals surface area contributed by atoms with Crippen molar-refractivity contribution in [1.29, 1.82) is 0 Å². The Bertz CT molecular complexity index is 809. The van der Waals surface area contributed by atoms with Crippen molar-refractivity contribution in [1.82, 2.24) is 0 Å².